The Morgan fingerprint density at radius 3 is 2.86 bits per heavy atom. The Morgan fingerprint density at radius 2 is 2.11 bits per heavy atom. The van der Waals surface area contributed by atoms with E-state index in [0.717, 1.165) is 36.4 Å². The van der Waals surface area contributed by atoms with Crippen LogP contribution in [0.25, 0.3) is 6.08 Å². The van der Waals surface area contributed by atoms with Crippen LogP contribution in [0.3, 0.4) is 0 Å². The molecule has 0 amide bonds. The fourth-order valence-electron chi connectivity index (χ4n) is 4.47. The van der Waals surface area contributed by atoms with Gasteiger partial charge in [0.2, 0.25) is 0 Å². The number of carbonyl (C=O) groups is 1. The average Bonchev–Trinajstić information content (AvgIpc) is 3.25. The molecule has 0 aromatic heterocycles. The van der Waals surface area contributed by atoms with E-state index in [4.69, 9.17) is 21.1 Å². The van der Waals surface area contributed by atoms with E-state index in [0.29, 0.717) is 23.7 Å². The first kappa shape index (κ1) is 27.3. The molecule has 1 saturated heterocycles. The number of aliphatic hydroxyl groups is 1. The van der Waals surface area contributed by atoms with E-state index >= 15 is 0 Å². The molecule has 1 fully saturated rings. The first-order valence-corrected chi connectivity index (χ1v) is 12.6. The van der Waals surface area contributed by atoms with Gasteiger partial charge in [0.25, 0.3) is 0 Å². The Morgan fingerprint density at radius 1 is 1.31 bits per heavy atom. The molecular formula is C28H35ClFNO4. The van der Waals surface area contributed by atoms with Crippen molar-refractivity contribution in [1.29, 1.82) is 0 Å². The summed E-state index contributed by atoms with van der Waals surface area (Å²) in [7, 11) is 0. The zero-order valence-electron chi connectivity index (χ0n) is 20.7. The topological polar surface area (TPSA) is 59.0 Å². The highest BCUT2D eigenvalue weighted by Crippen LogP contribution is 2.26. The van der Waals surface area contributed by atoms with Crippen molar-refractivity contribution in [3.05, 3.63) is 75.6 Å². The SMILES string of the molecule is CCOC(=O)/C=C/c1ccc(F)cc1[C@@H](C)OC[C@H](O)CN1CCC[C@H]1Cc1ccc(C)c(Cl)c1. The number of ether oxygens (including phenoxy) is 2. The standard InChI is InChI=1S/C28H35ClFNO4/c1-4-34-28(33)12-10-22-9-11-23(30)16-26(22)20(3)35-18-25(32)17-31-13-5-6-24(31)14-21-8-7-19(2)27(29)15-21/h7-12,15-16,20,24-25,32H,4-6,13-14,17-18H2,1-3H3/b12-10+/t20-,24+,25-/m1/s1. The van der Waals surface area contributed by atoms with Crippen molar-refractivity contribution in [2.75, 3.05) is 26.3 Å². The number of hydrogen-bond donors (Lipinski definition) is 1. The lowest BCUT2D eigenvalue weighted by atomic mass is 10.0. The minimum atomic E-state index is -0.674. The summed E-state index contributed by atoms with van der Waals surface area (Å²) in [5.41, 5.74) is 3.54. The lowest BCUT2D eigenvalue weighted by molar-refractivity contribution is -0.137. The van der Waals surface area contributed by atoms with Crippen LogP contribution in [0.2, 0.25) is 5.02 Å². The van der Waals surface area contributed by atoms with Gasteiger partial charge in [-0.15, -0.1) is 0 Å². The number of rotatable bonds is 11. The van der Waals surface area contributed by atoms with Crippen LogP contribution in [0, 0.1) is 12.7 Å². The second-order valence-electron chi connectivity index (χ2n) is 9.07. The normalized spacial score (nSPS) is 18.2. The molecule has 3 atom stereocenters. The van der Waals surface area contributed by atoms with Crippen LogP contribution in [0.1, 0.15) is 55.0 Å². The molecule has 2 aromatic carbocycles. The van der Waals surface area contributed by atoms with Crippen molar-refractivity contribution in [3.8, 4) is 0 Å². The summed E-state index contributed by atoms with van der Waals surface area (Å²) >= 11 is 6.29. The Hall–Kier alpha value is -2.25. The van der Waals surface area contributed by atoms with Gasteiger partial charge in [-0.05, 0) is 93.1 Å². The van der Waals surface area contributed by atoms with Crippen LogP contribution >= 0.6 is 11.6 Å². The lowest BCUT2D eigenvalue weighted by Crippen LogP contribution is -2.39. The van der Waals surface area contributed by atoms with Gasteiger partial charge in [-0.2, -0.15) is 0 Å². The zero-order chi connectivity index (χ0) is 25.4. The number of esters is 1. The van der Waals surface area contributed by atoms with Crippen LogP contribution in [-0.2, 0) is 20.7 Å². The van der Waals surface area contributed by atoms with Gasteiger partial charge in [-0.25, -0.2) is 9.18 Å². The molecule has 190 valence electrons. The molecular weight excluding hydrogens is 469 g/mol. The van der Waals surface area contributed by atoms with E-state index in [1.54, 1.807) is 19.1 Å². The van der Waals surface area contributed by atoms with Gasteiger partial charge in [0.1, 0.15) is 5.82 Å². The van der Waals surface area contributed by atoms with E-state index in [2.05, 4.69) is 11.0 Å². The van der Waals surface area contributed by atoms with Gasteiger partial charge in [-0.1, -0.05) is 29.8 Å². The monoisotopic (exact) mass is 503 g/mol. The van der Waals surface area contributed by atoms with Crippen LogP contribution in [-0.4, -0.2) is 54.4 Å². The van der Waals surface area contributed by atoms with Gasteiger partial charge in [0, 0.05) is 23.7 Å². The van der Waals surface area contributed by atoms with Crippen LogP contribution < -0.4 is 0 Å². The number of aryl methyl sites for hydroxylation is 1. The third-order valence-electron chi connectivity index (χ3n) is 6.36. The minimum Gasteiger partial charge on any atom is -0.463 e. The number of likely N-dealkylation sites (tertiary alicyclic amines) is 1. The van der Waals surface area contributed by atoms with E-state index < -0.39 is 18.2 Å². The van der Waals surface area contributed by atoms with E-state index in [1.807, 2.05) is 26.0 Å². The number of nitrogens with zero attached hydrogens (tertiary/aromatic N) is 1. The minimum absolute atomic E-state index is 0.123. The molecule has 7 heteroatoms. The van der Waals surface area contributed by atoms with Crippen molar-refractivity contribution in [3.63, 3.8) is 0 Å². The summed E-state index contributed by atoms with van der Waals surface area (Å²) in [6, 6.07) is 10.9. The van der Waals surface area contributed by atoms with Crippen LogP contribution in [0.5, 0.6) is 0 Å². The number of aliphatic hydroxyl groups excluding tert-OH is 1. The van der Waals surface area contributed by atoms with Gasteiger partial charge in [-0.3, -0.25) is 4.90 Å². The molecule has 35 heavy (non-hydrogen) atoms. The molecule has 5 nitrogen and oxygen atoms in total. The molecule has 1 aliphatic rings. The fraction of sp³-hybridized carbons (Fsp3) is 0.464. The van der Waals surface area contributed by atoms with Crippen molar-refractivity contribution >= 4 is 23.6 Å². The Labute approximate surface area is 212 Å². The van der Waals surface area contributed by atoms with E-state index in [1.165, 1.54) is 23.8 Å². The predicted molar refractivity (Wildman–Crippen MR) is 137 cm³/mol. The predicted octanol–water partition coefficient (Wildman–Crippen LogP) is 5.51. The van der Waals surface area contributed by atoms with E-state index in [-0.39, 0.29) is 19.0 Å². The number of halogens is 2. The number of hydrogen-bond acceptors (Lipinski definition) is 5. The molecule has 0 aliphatic carbocycles. The number of β-amino-alcohol motifs (C(OH)–C–C–N with tert-alkyl or cyclic N) is 1. The second kappa shape index (κ2) is 13.2. The Balaban J connectivity index is 1.56. The molecule has 0 saturated carbocycles. The maximum atomic E-state index is 13.9. The summed E-state index contributed by atoms with van der Waals surface area (Å²) < 4.78 is 24.8. The van der Waals surface area contributed by atoms with Crippen molar-refractivity contribution in [2.45, 2.75) is 58.3 Å². The Bertz CT molecular complexity index is 1030. The van der Waals surface area contributed by atoms with Crippen LogP contribution in [0.15, 0.2) is 42.5 Å². The highest BCUT2D eigenvalue weighted by molar-refractivity contribution is 6.31. The van der Waals surface area contributed by atoms with Crippen molar-refractivity contribution < 1.29 is 23.8 Å². The quantitative estimate of drug-likeness (QED) is 0.323. The molecule has 2 aromatic rings. The molecule has 0 bridgehead atoms. The van der Waals surface area contributed by atoms with Gasteiger partial charge in [0.15, 0.2) is 0 Å². The zero-order valence-corrected chi connectivity index (χ0v) is 21.4. The number of benzene rings is 2. The summed E-state index contributed by atoms with van der Waals surface area (Å²) in [4.78, 5) is 14.0. The van der Waals surface area contributed by atoms with Gasteiger partial charge in [0.05, 0.1) is 25.4 Å². The molecule has 3 rings (SSSR count). The van der Waals surface area contributed by atoms with Gasteiger partial charge >= 0.3 is 5.97 Å². The number of carbonyl (C=O) groups excluding carboxylic acids is 1. The molecule has 0 radical (unpaired) electrons. The summed E-state index contributed by atoms with van der Waals surface area (Å²) in [6.45, 7) is 7.39. The second-order valence-corrected chi connectivity index (χ2v) is 9.47. The summed E-state index contributed by atoms with van der Waals surface area (Å²) in [6.07, 6.45) is 4.83. The maximum absolute atomic E-state index is 13.9. The molecule has 1 heterocycles. The van der Waals surface area contributed by atoms with Gasteiger partial charge < -0.3 is 14.6 Å². The molecule has 1 aliphatic heterocycles. The molecule has 0 spiro atoms. The summed E-state index contributed by atoms with van der Waals surface area (Å²) in [5, 5.41) is 11.5. The smallest absolute Gasteiger partial charge is 0.330 e. The highest BCUT2D eigenvalue weighted by Gasteiger charge is 2.27. The lowest BCUT2D eigenvalue weighted by Gasteiger charge is -2.27. The van der Waals surface area contributed by atoms with Crippen LogP contribution in [0.4, 0.5) is 4.39 Å². The van der Waals surface area contributed by atoms with E-state index in [9.17, 15) is 14.3 Å². The third-order valence-corrected chi connectivity index (χ3v) is 6.77. The largest absolute Gasteiger partial charge is 0.463 e. The highest BCUT2D eigenvalue weighted by atomic mass is 35.5. The fourth-order valence-corrected chi connectivity index (χ4v) is 4.67. The maximum Gasteiger partial charge on any atom is 0.330 e. The summed E-state index contributed by atoms with van der Waals surface area (Å²) in [5.74, 6) is -0.847. The van der Waals surface area contributed by atoms with Crippen molar-refractivity contribution in [2.24, 2.45) is 0 Å². The molecule has 1 N–H and O–H groups in total. The van der Waals surface area contributed by atoms with Crippen molar-refractivity contribution in [1.82, 2.24) is 4.90 Å². The average molecular weight is 504 g/mol. The third kappa shape index (κ3) is 8.14. The Kier molecular flexibility index (Phi) is 10.3. The first-order valence-electron chi connectivity index (χ1n) is 12.2. The molecule has 0 unspecified atom stereocenters. The first-order chi connectivity index (χ1) is 16.8.